The molecule has 1 aromatic carbocycles. The van der Waals surface area contributed by atoms with Crippen molar-refractivity contribution in [3.05, 3.63) is 52.8 Å². The zero-order valence-corrected chi connectivity index (χ0v) is 14.3. The van der Waals surface area contributed by atoms with E-state index in [1.807, 2.05) is 54.3 Å². The number of fused-ring (bicyclic) bond motifs is 1. The van der Waals surface area contributed by atoms with Crippen LogP contribution in [0.2, 0.25) is 10.0 Å². The van der Waals surface area contributed by atoms with E-state index in [4.69, 9.17) is 27.6 Å². The van der Waals surface area contributed by atoms with E-state index in [1.54, 1.807) is 0 Å². The number of nitrogens with zero attached hydrogens (tertiary/aromatic N) is 3. The maximum atomic E-state index is 6.46. The maximum Gasteiger partial charge on any atom is 0.259 e. The van der Waals surface area contributed by atoms with Gasteiger partial charge in [0.1, 0.15) is 11.9 Å². The van der Waals surface area contributed by atoms with Gasteiger partial charge in [0.15, 0.2) is 12.4 Å². The van der Waals surface area contributed by atoms with Gasteiger partial charge < -0.3 is 4.42 Å². The van der Waals surface area contributed by atoms with Crippen LogP contribution >= 0.6 is 34.5 Å². The number of hydrogen-bond donors (Lipinski definition) is 0. The first-order valence-electron chi connectivity index (χ1n) is 6.79. The number of rotatable bonds is 2. The molecule has 0 unspecified atom stereocenters. The van der Waals surface area contributed by atoms with Gasteiger partial charge in [0.2, 0.25) is 5.89 Å². The summed E-state index contributed by atoms with van der Waals surface area (Å²) in [4.78, 5) is 0.754. The van der Waals surface area contributed by atoms with Crippen molar-refractivity contribution in [2.45, 2.75) is 0 Å². The summed E-state index contributed by atoms with van der Waals surface area (Å²) in [5, 5.41) is 10.5. The highest BCUT2D eigenvalue weighted by Gasteiger charge is 2.18. The largest absolute Gasteiger partial charge is 0.415 e. The number of aromatic nitrogens is 3. The standard InChI is InChI=1S/C16H10Cl2N3OS/c1-21-6-4-9(5-7-21)15-19-20-16(22-15)14-13(18)11-3-2-10(17)8-12(11)23-14/h2-8H,1H3/q+1. The fourth-order valence-electron chi connectivity index (χ4n) is 2.25. The molecule has 0 radical (unpaired) electrons. The van der Waals surface area contributed by atoms with Crippen molar-refractivity contribution < 1.29 is 8.98 Å². The van der Waals surface area contributed by atoms with Gasteiger partial charge in [0.25, 0.3) is 5.89 Å². The summed E-state index contributed by atoms with van der Waals surface area (Å²) in [6.07, 6.45) is 3.85. The molecule has 3 aromatic heterocycles. The van der Waals surface area contributed by atoms with Crippen LogP contribution in [0.3, 0.4) is 0 Å². The summed E-state index contributed by atoms with van der Waals surface area (Å²) in [6.45, 7) is 0. The lowest BCUT2D eigenvalue weighted by atomic mass is 10.2. The quantitative estimate of drug-likeness (QED) is 0.483. The summed E-state index contributed by atoms with van der Waals surface area (Å²) in [7, 11) is 1.95. The number of thiophene rings is 1. The van der Waals surface area contributed by atoms with Crippen LogP contribution in [0.4, 0.5) is 0 Å². The van der Waals surface area contributed by atoms with Gasteiger partial charge in [-0.15, -0.1) is 21.5 Å². The number of benzene rings is 1. The molecule has 0 aliphatic carbocycles. The zero-order chi connectivity index (χ0) is 16.0. The van der Waals surface area contributed by atoms with Crippen molar-refractivity contribution in [2.75, 3.05) is 0 Å². The molecule has 23 heavy (non-hydrogen) atoms. The van der Waals surface area contributed by atoms with Crippen molar-refractivity contribution in [2.24, 2.45) is 7.05 Å². The molecule has 0 aliphatic rings. The van der Waals surface area contributed by atoms with E-state index >= 15 is 0 Å². The maximum absolute atomic E-state index is 6.46. The number of halogens is 2. The van der Waals surface area contributed by atoms with E-state index in [1.165, 1.54) is 11.3 Å². The first-order valence-corrected chi connectivity index (χ1v) is 8.36. The van der Waals surface area contributed by atoms with Crippen LogP contribution < -0.4 is 4.57 Å². The van der Waals surface area contributed by atoms with Crippen LogP contribution in [0.5, 0.6) is 0 Å². The fraction of sp³-hybridized carbons (Fsp3) is 0.0625. The Bertz CT molecular complexity index is 1010. The topological polar surface area (TPSA) is 42.8 Å². The Morgan fingerprint density at radius 3 is 2.57 bits per heavy atom. The molecule has 3 heterocycles. The molecule has 4 nitrogen and oxygen atoms in total. The van der Waals surface area contributed by atoms with Gasteiger partial charge in [0.05, 0.1) is 10.6 Å². The van der Waals surface area contributed by atoms with E-state index in [9.17, 15) is 0 Å². The second kappa shape index (κ2) is 5.60. The number of aryl methyl sites for hydroxylation is 1. The smallest absolute Gasteiger partial charge is 0.259 e. The second-order valence-corrected chi connectivity index (χ2v) is 6.92. The Labute approximate surface area is 145 Å². The Morgan fingerprint density at radius 1 is 1.04 bits per heavy atom. The van der Waals surface area contributed by atoms with Gasteiger partial charge in [-0.1, -0.05) is 29.3 Å². The Hall–Kier alpha value is -1.95. The Morgan fingerprint density at radius 2 is 1.78 bits per heavy atom. The predicted octanol–water partition coefficient (Wildman–Crippen LogP) is 4.75. The average molecular weight is 363 g/mol. The second-order valence-electron chi connectivity index (χ2n) is 5.05. The first kappa shape index (κ1) is 14.6. The molecule has 0 saturated carbocycles. The van der Waals surface area contributed by atoms with Gasteiger partial charge in [-0.2, -0.15) is 0 Å². The molecule has 0 fully saturated rings. The molecule has 0 spiro atoms. The van der Waals surface area contributed by atoms with Gasteiger partial charge in [0, 0.05) is 27.2 Å². The zero-order valence-electron chi connectivity index (χ0n) is 12.0. The van der Waals surface area contributed by atoms with E-state index < -0.39 is 0 Å². The van der Waals surface area contributed by atoms with Crippen LogP contribution in [0.25, 0.3) is 32.3 Å². The lowest BCUT2D eigenvalue weighted by Crippen LogP contribution is -2.25. The van der Waals surface area contributed by atoms with Crippen molar-refractivity contribution in [3.8, 4) is 22.2 Å². The third-order valence-corrected chi connectivity index (χ3v) is 5.32. The lowest BCUT2D eigenvalue weighted by Gasteiger charge is -1.93. The highest BCUT2D eigenvalue weighted by molar-refractivity contribution is 7.23. The molecular weight excluding hydrogens is 353 g/mol. The highest BCUT2D eigenvalue weighted by atomic mass is 35.5. The van der Waals surface area contributed by atoms with Crippen LogP contribution in [0.1, 0.15) is 0 Å². The summed E-state index contributed by atoms with van der Waals surface area (Å²) in [5.41, 5.74) is 0.863. The molecule has 114 valence electrons. The normalized spacial score (nSPS) is 11.3. The molecule has 7 heteroatoms. The third-order valence-electron chi connectivity index (χ3n) is 3.44. The van der Waals surface area contributed by atoms with Crippen molar-refractivity contribution in [1.82, 2.24) is 10.2 Å². The monoisotopic (exact) mass is 362 g/mol. The fourth-order valence-corrected chi connectivity index (χ4v) is 3.96. The highest BCUT2D eigenvalue weighted by Crippen LogP contribution is 2.42. The molecule has 0 N–H and O–H groups in total. The number of pyridine rings is 1. The SMILES string of the molecule is C[n+]1ccc(-c2nnc(-c3sc4cc(Cl)ccc4c3Cl)o2)cc1. The minimum Gasteiger partial charge on any atom is -0.415 e. The van der Waals surface area contributed by atoms with Crippen LogP contribution in [-0.2, 0) is 7.05 Å². The molecule has 0 bridgehead atoms. The number of hydrogen-bond acceptors (Lipinski definition) is 4. The first-order chi connectivity index (χ1) is 11.1. The van der Waals surface area contributed by atoms with Crippen LogP contribution in [-0.4, -0.2) is 10.2 Å². The predicted molar refractivity (Wildman–Crippen MR) is 91.7 cm³/mol. The molecular formula is C16H10Cl2N3OS+. The van der Waals surface area contributed by atoms with Gasteiger partial charge in [-0.05, 0) is 12.1 Å². The Kier molecular flexibility index (Phi) is 3.56. The van der Waals surface area contributed by atoms with E-state index in [0.717, 1.165) is 20.5 Å². The van der Waals surface area contributed by atoms with Crippen molar-refractivity contribution in [1.29, 1.82) is 0 Å². The third kappa shape index (κ3) is 2.61. The van der Waals surface area contributed by atoms with E-state index in [0.29, 0.717) is 21.8 Å². The van der Waals surface area contributed by atoms with Crippen LogP contribution in [0.15, 0.2) is 47.1 Å². The summed E-state index contributed by atoms with van der Waals surface area (Å²) in [6, 6.07) is 9.43. The summed E-state index contributed by atoms with van der Waals surface area (Å²) >= 11 is 14.0. The van der Waals surface area contributed by atoms with Crippen molar-refractivity contribution >= 4 is 44.6 Å². The molecule has 0 aliphatic heterocycles. The molecule has 4 aromatic rings. The van der Waals surface area contributed by atoms with Crippen LogP contribution in [0, 0.1) is 0 Å². The average Bonchev–Trinajstić information content (AvgIpc) is 3.13. The summed E-state index contributed by atoms with van der Waals surface area (Å²) < 4.78 is 8.73. The van der Waals surface area contributed by atoms with Gasteiger partial charge in [-0.3, -0.25) is 0 Å². The molecule has 0 amide bonds. The minimum absolute atomic E-state index is 0.413. The summed E-state index contributed by atoms with van der Waals surface area (Å²) in [5.74, 6) is 0.878. The molecule has 0 saturated heterocycles. The minimum atomic E-state index is 0.413. The van der Waals surface area contributed by atoms with Gasteiger partial charge >= 0.3 is 0 Å². The van der Waals surface area contributed by atoms with Crippen molar-refractivity contribution in [3.63, 3.8) is 0 Å². The lowest BCUT2D eigenvalue weighted by molar-refractivity contribution is -0.671. The molecule has 0 atom stereocenters. The van der Waals surface area contributed by atoms with Gasteiger partial charge in [-0.25, -0.2) is 4.57 Å². The molecule has 4 rings (SSSR count). The van der Waals surface area contributed by atoms with E-state index in [-0.39, 0.29) is 0 Å². The van der Waals surface area contributed by atoms with E-state index in [2.05, 4.69) is 10.2 Å². The Balaban J connectivity index is 1.80.